The molecule has 2 heterocycles. The summed E-state index contributed by atoms with van der Waals surface area (Å²) < 4.78 is 5.60. The average molecular weight is 565 g/mol. The van der Waals surface area contributed by atoms with Crippen LogP contribution >= 0.6 is 11.3 Å². The van der Waals surface area contributed by atoms with Crippen molar-refractivity contribution in [3.05, 3.63) is 76.9 Å². The molecule has 212 valence electrons. The number of carbonyl (C=O) groups is 3. The maximum atomic E-state index is 13.6. The topological polar surface area (TPSA) is 135 Å². The van der Waals surface area contributed by atoms with Crippen LogP contribution in [0, 0.1) is 12.3 Å². The van der Waals surface area contributed by atoms with E-state index in [2.05, 4.69) is 10.3 Å². The zero-order valence-electron chi connectivity index (χ0n) is 23.2. The molecule has 1 aromatic heterocycles. The van der Waals surface area contributed by atoms with Crippen LogP contribution in [0.25, 0.3) is 10.4 Å². The number of hydrogen-bond acceptors (Lipinski definition) is 8. The standard InChI is InChI=1S/C30H36N4O5S/c1-18-25(40-17-32-18)21-12-10-20(11-13-21)24(29(38)39-16-19-8-6-5-7-9-19)33-27(36)23-14-22(35)15-34(23)28(37)26(31)30(2,3)4/h5-13,17,22-24,26,35H,14-16,31H2,1-4H3,(H,33,36)/t22?,23-,24+,26+/m0/s1. The van der Waals surface area contributed by atoms with Crippen LogP contribution < -0.4 is 11.1 Å². The molecule has 9 nitrogen and oxygen atoms in total. The highest BCUT2D eigenvalue weighted by atomic mass is 32.1. The van der Waals surface area contributed by atoms with Gasteiger partial charge in [-0.15, -0.1) is 11.3 Å². The summed E-state index contributed by atoms with van der Waals surface area (Å²) in [5.74, 6) is -1.62. The Morgan fingerprint density at radius 2 is 1.82 bits per heavy atom. The zero-order chi connectivity index (χ0) is 29.0. The molecular weight excluding hydrogens is 528 g/mol. The molecule has 1 saturated heterocycles. The highest BCUT2D eigenvalue weighted by molar-refractivity contribution is 7.13. The second-order valence-corrected chi connectivity index (χ2v) is 12.0. The Labute approximate surface area is 238 Å². The normalized spacial score (nSPS) is 18.7. The second-order valence-electron chi connectivity index (χ2n) is 11.2. The summed E-state index contributed by atoms with van der Waals surface area (Å²) in [7, 11) is 0. The Kier molecular flexibility index (Phi) is 9.02. The fraction of sp³-hybridized carbons (Fsp3) is 0.400. The summed E-state index contributed by atoms with van der Waals surface area (Å²) in [4.78, 5) is 46.8. The minimum absolute atomic E-state index is 0.00722. The lowest BCUT2D eigenvalue weighted by molar-refractivity contribution is -0.150. The molecule has 4 rings (SSSR count). The number of nitrogens with one attached hydrogen (secondary N) is 1. The van der Waals surface area contributed by atoms with Crippen molar-refractivity contribution in [3.8, 4) is 10.4 Å². The van der Waals surface area contributed by atoms with Gasteiger partial charge in [-0.2, -0.15) is 0 Å². The summed E-state index contributed by atoms with van der Waals surface area (Å²) in [6, 6.07) is 13.6. The van der Waals surface area contributed by atoms with Crippen molar-refractivity contribution in [2.75, 3.05) is 6.54 Å². The maximum Gasteiger partial charge on any atom is 0.333 e. The first-order valence-corrected chi connectivity index (χ1v) is 14.1. The molecule has 1 fully saturated rings. The van der Waals surface area contributed by atoms with Crippen molar-refractivity contribution in [2.45, 2.75) is 65.0 Å². The molecule has 0 saturated carbocycles. The molecule has 1 unspecified atom stereocenters. The number of likely N-dealkylation sites (tertiary alicyclic amines) is 1. The largest absolute Gasteiger partial charge is 0.459 e. The second kappa shape index (κ2) is 12.3. The number of aryl methyl sites for hydroxylation is 1. The molecule has 4 N–H and O–H groups in total. The first-order chi connectivity index (χ1) is 19.0. The SMILES string of the molecule is Cc1ncsc1-c1ccc([C@@H](NC(=O)[C@@H]2CC(O)CN2C(=O)[C@@H](N)C(C)(C)C)C(=O)OCc2ccccc2)cc1. The average Bonchev–Trinajstić information content (AvgIpc) is 3.55. The van der Waals surface area contributed by atoms with E-state index in [1.54, 1.807) is 17.6 Å². The quantitative estimate of drug-likeness (QED) is 0.357. The van der Waals surface area contributed by atoms with E-state index in [0.29, 0.717) is 5.56 Å². The number of hydrogen-bond donors (Lipinski definition) is 3. The van der Waals surface area contributed by atoms with Gasteiger partial charge in [-0.05, 0) is 29.0 Å². The number of aromatic nitrogens is 1. The van der Waals surface area contributed by atoms with Crippen LogP contribution in [0.2, 0.25) is 0 Å². The van der Waals surface area contributed by atoms with Gasteiger partial charge < -0.3 is 25.8 Å². The molecule has 0 aliphatic carbocycles. The van der Waals surface area contributed by atoms with Crippen LogP contribution in [0.1, 0.15) is 50.1 Å². The number of amides is 2. The molecule has 1 aliphatic heterocycles. The summed E-state index contributed by atoms with van der Waals surface area (Å²) in [6.45, 7) is 7.48. The lowest BCUT2D eigenvalue weighted by Gasteiger charge is -2.33. The number of rotatable bonds is 8. The van der Waals surface area contributed by atoms with E-state index in [1.807, 2.05) is 70.2 Å². The molecule has 4 atom stereocenters. The van der Waals surface area contributed by atoms with Crippen molar-refractivity contribution < 1.29 is 24.2 Å². The number of aliphatic hydroxyl groups is 1. The number of nitrogens with zero attached hydrogens (tertiary/aromatic N) is 2. The first kappa shape index (κ1) is 29.4. The maximum absolute atomic E-state index is 13.6. The molecule has 0 bridgehead atoms. The minimum Gasteiger partial charge on any atom is -0.459 e. The van der Waals surface area contributed by atoms with Gasteiger partial charge >= 0.3 is 5.97 Å². The predicted molar refractivity (Wildman–Crippen MR) is 153 cm³/mol. The third kappa shape index (κ3) is 6.75. The number of ether oxygens (including phenoxy) is 1. The highest BCUT2D eigenvalue weighted by Gasteiger charge is 2.43. The number of benzene rings is 2. The minimum atomic E-state index is -1.13. The highest BCUT2D eigenvalue weighted by Crippen LogP contribution is 2.29. The number of β-amino-alcohol motifs (C(OH)–C–C–N with tert-alkyl or cyclic N) is 1. The summed E-state index contributed by atoms with van der Waals surface area (Å²) in [6.07, 6.45) is -0.832. The third-order valence-electron chi connectivity index (χ3n) is 7.06. The Morgan fingerprint density at radius 1 is 1.15 bits per heavy atom. The van der Waals surface area contributed by atoms with Crippen LogP contribution in [0.15, 0.2) is 60.1 Å². The predicted octanol–water partition coefficient (Wildman–Crippen LogP) is 3.35. The van der Waals surface area contributed by atoms with Gasteiger partial charge in [0.1, 0.15) is 12.6 Å². The molecule has 0 spiro atoms. The van der Waals surface area contributed by atoms with Gasteiger partial charge in [0.25, 0.3) is 0 Å². The fourth-order valence-electron chi connectivity index (χ4n) is 4.59. The number of thiazole rings is 1. The first-order valence-electron chi connectivity index (χ1n) is 13.2. The molecule has 10 heteroatoms. The van der Waals surface area contributed by atoms with Crippen molar-refractivity contribution in [2.24, 2.45) is 11.1 Å². The van der Waals surface area contributed by atoms with Crippen molar-refractivity contribution in [1.82, 2.24) is 15.2 Å². The van der Waals surface area contributed by atoms with Crippen molar-refractivity contribution in [3.63, 3.8) is 0 Å². The van der Waals surface area contributed by atoms with E-state index in [4.69, 9.17) is 10.5 Å². The smallest absolute Gasteiger partial charge is 0.333 e. The lowest BCUT2D eigenvalue weighted by Crippen LogP contribution is -2.55. The van der Waals surface area contributed by atoms with Crippen LogP contribution in [-0.2, 0) is 25.7 Å². The molecule has 0 radical (unpaired) electrons. The van der Waals surface area contributed by atoms with E-state index in [-0.39, 0.29) is 19.6 Å². The summed E-state index contributed by atoms with van der Waals surface area (Å²) in [5.41, 5.74) is 10.6. The molecule has 2 amide bonds. The molecule has 3 aromatic rings. The third-order valence-corrected chi connectivity index (χ3v) is 8.04. The van der Waals surface area contributed by atoms with Crippen molar-refractivity contribution in [1.29, 1.82) is 0 Å². The van der Waals surface area contributed by atoms with Crippen molar-refractivity contribution >= 4 is 29.1 Å². The zero-order valence-corrected chi connectivity index (χ0v) is 24.0. The lowest BCUT2D eigenvalue weighted by atomic mass is 9.86. The van der Waals surface area contributed by atoms with Gasteiger partial charge in [-0.25, -0.2) is 9.78 Å². The van der Waals surface area contributed by atoms with E-state index < -0.39 is 47.4 Å². The molecular formula is C30H36N4O5S. The molecule has 1 aliphatic rings. The van der Waals surface area contributed by atoms with Crippen LogP contribution in [-0.4, -0.2) is 57.5 Å². The Morgan fingerprint density at radius 3 is 2.42 bits per heavy atom. The van der Waals surface area contributed by atoms with Gasteiger partial charge in [0.2, 0.25) is 11.8 Å². The molecule has 2 aromatic carbocycles. The summed E-state index contributed by atoms with van der Waals surface area (Å²) in [5, 5.41) is 13.1. The van der Waals surface area contributed by atoms with E-state index in [0.717, 1.165) is 21.7 Å². The monoisotopic (exact) mass is 564 g/mol. The van der Waals surface area contributed by atoms with Gasteiger partial charge in [-0.1, -0.05) is 75.4 Å². The number of esters is 1. The summed E-state index contributed by atoms with van der Waals surface area (Å²) >= 11 is 1.52. The van der Waals surface area contributed by atoms with Crippen LogP contribution in [0.5, 0.6) is 0 Å². The Hall–Kier alpha value is -3.60. The van der Waals surface area contributed by atoms with E-state index in [9.17, 15) is 19.5 Å². The van der Waals surface area contributed by atoms with Gasteiger partial charge in [0.05, 0.1) is 28.2 Å². The Bertz CT molecular complexity index is 1340. The number of carbonyl (C=O) groups excluding carboxylic acids is 3. The van der Waals surface area contributed by atoms with Gasteiger partial charge in [0, 0.05) is 13.0 Å². The van der Waals surface area contributed by atoms with Gasteiger partial charge in [-0.3, -0.25) is 9.59 Å². The van der Waals surface area contributed by atoms with E-state index in [1.165, 1.54) is 16.2 Å². The number of aliphatic hydroxyl groups excluding tert-OH is 1. The van der Waals surface area contributed by atoms with Crippen LogP contribution in [0.4, 0.5) is 0 Å². The van der Waals surface area contributed by atoms with Crippen LogP contribution in [0.3, 0.4) is 0 Å². The molecule has 40 heavy (non-hydrogen) atoms. The Balaban J connectivity index is 1.57. The fourth-order valence-corrected chi connectivity index (χ4v) is 5.40. The van der Waals surface area contributed by atoms with E-state index >= 15 is 0 Å². The van der Waals surface area contributed by atoms with Gasteiger partial charge in [0.15, 0.2) is 6.04 Å². The number of nitrogens with two attached hydrogens (primary N) is 1.